The second-order valence-electron chi connectivity index (χ2n) is 4.93. The molecule has 0 spiro atoms. The van der Waals surface area contributed by atoms with Crippen molar-refractivity contribution < 1.29 is 14.3 Å². The van der Waals surface area contributed by atoms with E-state index in [1.807, 2.05) is 24.3 Å². The van der Waals surface area contributed by atoms with E-state index >= 15 is 0 Å². The molecule has 0 radical (unpaired) electrons. The van der Waals surface area contributed by atoms with Crippen molar-refractivity contribution >= 4 is 33.5 Å². The minimum atomic E-state index is -0.470. The van der Waals surface area contributed by atoms with E-state index in [-0.39, 0.29) is 17.8 Å². The van der Waals surface area contributed by atoms with Crippen molar-refractivity contribution in [1.29, 1.82) is 0 Å². The van der Waals surface area contributed by atoms with Gasteiger partial charge in [0.05, 0.1) is 6.61 Å². The lowest BCUT2D eigenvalue weighted by molar-refractivity contribution is -0.140. The molecule has 1 aromatic rings. The lowest BCUT2D eigenvalue weighted by Gasteiger charge is -2.26. The molecule has 1 aromatic carbocycles. The van der Waals surface area contributed by atoms with Gasteiger partial charge in [-0.3, -0.25) is 9.69 Å². The van der Waals surface area contributed by atoms with Crippen molar-refractivity contribution in [3.05, 3.63) is 28.7 Å². The molecule has 5 heteroatoms. The molecular formula is C14H14BrNO3. The predicted octanol–water partition coefficient (Wildman–Crippen LogP) is 2.51. The highest BCUT2D eigenvalue weighted by atomic mass is 79.9. The number of carbonyl (C=O) groups excluding carboxylic acids is 2. The Hall–Kier alpha value is -1.36. The summed E-state index contributed by atoms with van der Waals surface area (Å²) in [5.41, 5.74) is 0.759. The SMILES string of the molecule is O=C1OCCC1N(C(=O)C1CC1)c1cccc(Br)c1. The number of halogens is 1. The van der Waals surface area contributed by atoms with Gasteiger partial charge in [0.25, 0.3) is 0 Å². The lowest BCUT2D eigenvalue weighted by atomic mass is 10.1. The number of hydrogen-bond donors (Lipinski definition) is 0. The molecule has 1 atom stereocenters. The first-order valence-corrected chi connectivity index (χ1v) is 7.21. The normalized spacial score (nSPS) is 22.2. The smallest absolute Gasteiger partial charge is 0.329 e. The Morgan fingerprint density at radius 2 is 2.11 bits per heavy atom. The van der Waals surface area contributed by atoms with Crippen LogP contribution in [0.15, 0.2) is 28.7 Å². The third-order valence-corrected chi connectivity index (χ3v) is 3.96. The summed E-state index contributed by atoms with van der Waals surface area (Å²) in [6, 6.07) is 7.02. The first-order chi connectivity index (χ1) is 9.16. The van der Waals surface area contributed by atoms with E-state index in [4.69, 9.17) is 4.74 Å². The molecule has 1 saturated carbocycles. The Morgan fingerprint density at radius 1 is 1.32 bits per heavy atom. The average Bonchev–Trinajstić information content (AvgIpc) is 3.15. The van der Waals surface area contributed by atoms with Crippen molar-refractivity contribution in [2.45, 2.75) is 25.3 Å². The van der Waals surface area contributed by atoms with Gasteiger partial charge in [-0.15, -0.1) is 0 Å². The van der Waals surface area contributed by atoms with Gasteiger partial charge in [-0.1, -0.05) is 22.0 Å². The van der Waals surface area contributed by atoms with E-state index in [2.05, 4.69) is 15.9 Å². The Bertz CT molecular complexity index is 527. The highest BCUT2D eigenvalue weighted by Crippen LogP contribution is 2.35. The molecule has 0 N–H and O–H groups in total. The van der Waals surface area contributed by atoms with Crippen molar-refractivity contribution in [2.75, 3.05) is 11.5 Å². The summed E-state index contributed by atoms with van der Waals surface area (Å²) >= 11 is 3.40. The summed E-state index contributed by atoms with van der Waals surface area (Å²) in [5.74, 6) is -0.177. The molecular weight excluding hydrogens is 310 g/mol. The predicted molar refractivity (Wildman–Crippen MR) is 73.7 cm³/mol. The molecule has 19 heavy (non-hydrogen) atoms. The van der Waals surface area contributed by atoms with Gasteiger partial charge >= 0.3 is 5.97 Å². The van der Waals surface area contributed by atoms with Gasteiger partial charge in [0.1, 0.15) is 6.04 Å². The number of cyclic esters (lactones) is 1. The molecule has 2 fully saturated rings. The van der Waals surface area contributed by atoms with Crippen LogP contribution < -0.4 is 4.90 Å². The number of esters is 1. The summed E-state index contributed by atoms with van der Waals surface area (Å²) in [4.78, 5) is 25.9. The van der Waals surface area contributed by atoms with Crippen molar-refractivity contribution in [3.63, 3.8) is 0 Å². The number of ether oxygens (including phenoxy) is 1. The maximum atomic E-state index is 12.5. The standard InChI is InChI=1S/C14H14BrNO3/c15-10-2-1-3-11(8-10)16(13(17)9-4-5-9)12-6-7-19-14(12)18/h1-3,8-9,12H,4-7H2. The largest absolute Gasteiger partial charge is 0.464 e. The molecule has 4 nitrogen and oxygen atoms in total. The molecule has 0 aromatic heterocycles. The second-order valence-corrected chi connectivity index (χ2v) is 5.85. The summed E-state index contributed by atoms with van der Waals surface area (Å²) in [5, 5.41) is 0. The van der Waals surface area contributed by atoms with E-state index in [1.165, 1.54) is 0 Å². The van der Waals surface area contributed by atoms with Crippen LogP contribution >= 0.6 is 15.9 Å². The van der Waals surface area contributed by atoms with Crippen LogP contribution in [0.5, 0.6) is 0 Å². The molecule has 3 rings (SSSR count). The third kappa shape index (κ3) is 2.52. The molecule has 1 unspecified atom stereocenters. The summed E-state index contributed by atoms with van der Waals surface area (Å²) in [6.07, 6.45) is 2.42. The van der Waals surface area contributed by atoms with Crippen LogP contribution in [0.1, 0.15) is 19.3 Å². The van der Waals surface area contributed by atoms with Gasteiger partial charge in [-0.25, -0.2) is 4.79 Å². The monoisotopic (exact) mass is 323 g/mol. The lowest BCUT2D eigenvalue weighted by Crippen LogP contribution is -2.44. The van der Waals surface area contributed by atoms with Crippen LogP contribution in [0.25, 0.3) is 0 Å². The quantitative estimate of drug-likeness (QED) is 0.803. The number of hydrogen-bond acceptors (Lipinski definition) is 3. The van der Waals surface area contributed by atoms with Gasteiger partial charge in [-0.2, -0.15) is 0 Å². The van der Waals surface area contributed by atoms with Gasteiger partial charge in [0.2, 0.25) is 5.91 Å². The van der Waals surface area contributed by atoms with E-state index in [1.54, 1.807) is 4.90 Å². The van der Waals surface area contributed by atoms with Crippen LogP contribution in [0.4, 0.5) is 5.69 Å². The molecule has 2 aliphatic rings. The fourth-order valence-corrected chi connectivity index (χ4v) is 2.72. The highest BCUT2D eigenvalue weighted by Gasteiger charge is 2.42. The fraction of sp³-hybridized carbons (Fsp3) is 0.429. The summed E-state index contributed by atoms with van der Waals surface area (Å²) in [6.45, 7) is 0.395. The van der Waals surface area contributed by atoms with E-state index in [9.17, 15) is 9.59 Å². The van der Waals surface area contributed by atoms with Gasteiger partial charge < -0.3 is 4.74 Å². The van der Waals surface area contributed by atoms with Crippen LogP contribution in [-0.4, -0.2) is 24.5 Å². The topological polar surface area (TPSA) is 46.6 Å². The second kappa shape index (κ2) is 4.96. The van der Waals surface area contributed by atoms with Crippen LogP contribution in [0, 0.1) is 5.92 Å². The Kier molecular flexibility index (Phi) is 3.31. The van der Waals surface area contributed by atoms with Crippen molar-refractivity contribution in [1.82, 2.24) is 0 Å². The molecule has 1 heterocycles. The molecule has 1 amide bonds. The molecule has 1 aliphatic heterocycles. The summed E-state index contributed by atoms with van der Waals surface area (Å²) < 4.78 is 5.90. The zero-order valence-electron chi connectivity index (χ0n) is 10.3. The van der Waals surface area contributed by atoms with Gasteiger partial charge in [0, 0.05) is 22.5 Å². The number of rotatable bonds is 3. The molecule has 100 valence electrons. The highest BCUT2D eigenvalue weighted by molar-refractivity contribution is 9.10. The number of carbonyl (C=O) groups is 2. The van der Waals surface area contributed by atoms with Crippen molar-refractivity contribution in [2.24, 2.45) is 5.92 Å². The van der Waals surface area contributed by atoms with E-state index in [0.29, 0.717) is 13.0 Å². The zero-order valence-corrected chi connectivity index (χ0v) is 11.9. The number of amides is 1. The minimum absolute atomic E-state index is 0.0435. The molecule has 1 saturated heterocycles. The Labute approximate surface area is 119 Å². The van der Waals surface area contributed by atoms with Crippen LogP contribution in [0.2, 0.25) is 0 Å². The van der Waals surface area contributed by atoms with Crippen molar-refractivity contribution in [3.8, 4) is 0 Å². The van der Waals surface area contributed by atoms with Crippen LogP contribution in [-0.2, 0) is 14.3 Å². The number of anilines is 1. The van der Waals surface area contributed by atoms with Gasteiger partial charge in [-0.05, 0) is 31.0 Å². The maximum Gasteiger partial charge on any atom is 0.329 e. The number of nitrogens with zero attached hydrogens (tertiary/aromatic N) is 1. The fourth-order valence-electron chi connectivity index (χ4n) is 2.33. The molecule has 0 bridgehead atoms. The van der Waals surface area contributed by atoms with E-state index < -0.39 is 6.04 Å². The minimum Gasteiger partial charge on any atom is -0.464 e. The van der Waals surface area contributed by atoms with E-state index in [0.717, 1.165) is 23.0 Å². The number of benzene rings is 1. The third-order valence-electron chi connectivity index (χ3n) is 3.47. The van der Waals surface area contributed by atoms with Gasteiger partial charge in [0.15, 0.2) is 0 Å². The Morgan fingerprint density at radius 3 is 2.68 bits per heavy atom. The average molecular weight is 324 g/mol. The molecule has 1 aliphatic carbocycles. The Balaban J connectivity index is 1.95. The zero-order chi connectivity index (χ0) is 13.4. The summed E-state index contributed by atoms with van der Waals surface area (Å²) in [7, 11) is 0. The first kappa shape index (κ1) is 12.7. The first-order valence-electron chi connectivity index (χ1n) is 6.42. The van der Waals surface area contributed by atoms with Crippen LogP contribution in [0.3, 0.4) is 0 Å². The maximum absolute atomic E-state index is 12.5.